The second kappa shape index (κ2) is 5.95. The van der Waals surface area contributed by atoms with E-state index in [9.17, 15) is 0 Å². The quantitative estimate of drug-likeness (QED) is 0.751. The van der Waals surface area contributed by atoms with E-state index >= 15 is 0 Å². The van der Waals surface area contributed by atoms with E-state index < -0.39 is 0 Å². The van der Waals surface area contributed by atoms with Gasteiger partial charge in [-0.3, -0.25) is 0 Å². The van der Waals surface area contributed by atoms with E-state index in [2.05, 4.69) is 38.6 Å². The summed E-state index contributed by atoms with van der Waals surface area (Å²) in [5.41, 5.74) is 0. The number of thiophene rings is 1. The van der Waals surface area contributed by atoms with Crippen LogP contribution >= 0.6 is 22.7 Å². The van der Waals surface area contributed by atoms with Gasteiger partial charge in [0.15, 0.2) is 0 Å². The molecule has 0 atom stereocenters. The van der Waals surface area contributed by atoms with Gasteiger partial charge in [-0.2, -0.15) is 4.98 Å². The van der Waals surface area contributed by atoms with Crippen LogP contribution < -0.4 is 10.6 Å². The normalized spacial score (nSPS) is 11.0. The highest BCUT2D eigenvalue weighted by molar-refractivity contribution is 7.18. The molecule has 21 heavy (non-hydrogen) atoms. The smallest absolute Gasteiger partial charge is 0.225 e. The number of rotatable bonds is 5. The standard InChI is InChI=1S/C14H17N5S2/c1-4-9-5-11-12(17-7-10-6-16-8(2)20-10)18-14(15-3)19-13(11)21-9/h5-6H,4,7H2,1-3H3,(H2,15,17,18,19). The molecule has 0 aromatic carbocycles. The zero-order valence-corrected chi connectivity index (χ0v) is 13.9. The van der Waals surface area contributed by atoms with Crippen molar-refractivity contribution in [3.8, 4) is 0 Å². The third-order valence-electron chi connectivity index (χ3n) is 3.12. The Hall–Kier alpha value is -1.73. The van der Waals surface area contributed by atoms with Crippen molar-refractivity contribution in [1.82, 2.24) is 15.0 Å². The zero-order valence-electron chi connectivity index (χ0n) is 12.2. The number of aryl methyl sites for hydroxylation is 2. The molecule has 2 N–H and O–H groups in total. The number of hydrogen-bond acceptors (Lipinski definition) is 7. The van der Waals surface area contributed by atoms with Crippen molar-refractivity contribution in [3.63, 3.8) is 0 Å². The molecule has 0 amide bonds. The summed E-state index contributed by atoms with van der Waals surface area (Å²) < 4.78 is 0. The molecule has 0 unspecified atom stereocenters. The molecule has 3 aromatic rings. The molecular weight excluding hydrogens is 302 g/mol. The largest absolute Gasteiger partial charge is 0.364 e. The average molecular weight is 319 g/mol. The Bertz CT molecular complexity index is 762. The maximum Gasteiger partial charge on any atom is 0.225 e. The van der Waals surface area contributed by atoms with E-state index in [4.69, 9.17) is 0 Å². The lowest BCUT2D eigenvalue weighted by atomic mass is 10.3. The van der Waals surface area contributed by atoms with Gasteiger partial charge >= 0.3 is 0 Å². The first-order valence-corrected chi connectivity index (χ1v) is 8.46. The van der Waals surface area contributed by atoms with Crippen molar-refractivity contribution < 1.29 is 0 Å². The molecule has 0 radical (unpaired) electrons. The van der Waals surface area contributed by atoms with Gasteiger partial charge in [-0.05, 0) is 19.4 Å². The summed E-state index contributed by atoms with van der Waals surface area (Å²) in [6, 6.07) is 2.18. The van der Waals surface area contributed by atoms with Crippen LogP contribution in [-0.4, -0.2) is 22.0 Å². The van der Waals surface area contributed by atoms with Gasteiger partial charge in [-0.15, -0.1) is 22.7 Å². The van der Waals surface area contributed by atoms with E-state index in [1.165, 1.54) is 9.75 Å². The minimum atomic E-state index is 0.648. The molecule has 0 spiro atoms. The number of aromatic nitrogens is 3. The summed E-state index contributed by atoms with van der Waals surface area (Å²) >= 11 is 3.43. The first kappa shape index (κ1) is 14.2. The van der Waals surface area contributed by atoms with Crippen molar-refractivity contribution in [3.05, 3.63) is 27.0 Å². The Morgan fingerprint density at radius 2 is 2.05 bits per heavy atom. The zero-order chi connectivity index (χ0) is 14.8. The topological polar surface area (TPSA) is 62.7 Å². The second-order valence-corrected chi connectivity index (χ2v) is 7.06. The van der Waals surface area contributed by atoms with Gasteiger partial charge in [0.2, 0.25) is 5.95 Å². The summed E-state index contributed by atoms with van der Waals surface area (Å²) in [5, 5.41) is 8.62. The average Bonchev–Trinajstić information content (AvgIpc) is 3.10. The lowest BCUT2D eigenvalue weighted by Gasteiger charge is -2.07. The maximum absolute atomic E-state index is 4.55. The molecule has 0 fully saturated rings. The number of anilines is 2. The van der Waals surface area contributed by atoms with Crippen LogP contribution in [0.3, 0.4) is 0 Å². The summed E-state index contributed by atoms with van der Waals surface area (Å²) in [7, 11) is 1.84. The number of nitrogens with zero attached hydrogens (tertiary/aromatic N) is 3. The number of thiazole rings is 1. The van der Waals surface area contributed by atoms with Gasteiger partial charge in [0, 0.05) is 23.0 Å². The van der Waals surface area contributed by atoms with Gasteiger partial charge in [-0.1, -0.05) is 6.92 Å². The van der Waals surface area contributed by atoms with Gasteiger partial charge < -0.3 is 10.6 Å². The first-order chi connectivity index (χ1) is 10.2. The van der Waals surface area contributed by atoms with E-state index in [0.717, 1.165) is 34.0 Å². The van der Waals surface area contributed by atoms with Gasteiger partial charge in [0.05, 0.1) is 16.9 Å². The van der Waals surface area contributed by atoms with Crippen LogP contribution in [0.1, 0.15) is 21.7 Å². The van der Waals surface area contributed by atoms with Crippen LogP contribution in [0.5, 0.6) is 0 Å². The molecule has 0 aliphatic carbocycles. The third-order valence-corrected chi connectivity index (χ3v) is 5.20. The van der Waals surface area contributed by atoms with Crippen LogP contribution in [0.25, 0.3) is 10.2 Å². The first-order valence-electron chi connectivity index (χ1n) is 6.83. The van der Waals surface area contributed by atoms with E-state index in [1.54, 1.807) is 22.7 Å². The van der Waals surface area contributed by atoms with Gasteiger partial charge in [0.25, 0.3) is 0 Å². The van der Waals surface area contributed by atoms with E-state index in [-0.39, 0.29) is 0 Å². The highest BCUT2D eigenvalue weighted by Gasteiger charge is 2.11. The third kappa shape index (κ3) is 2.98. The van der Waals surface area contributed by atoms with Crippen LogP contribution in [0.2, 0.25) is 0 Å². The molecule has 0 saturated heterocycles. The van der Waals surface area contributed by atoms with Gasteiger partial charge in [-0.25, -0.2) is 9.97 Å². The van der Waals surface area contributed by atoms with Crippen molar-refractivity contribution in [2.45, 2.75) is 26.8 Å². The Kier molecular flexibility index (Phi) is 4.03. The molecular formula is C14H17N5S2. The maximum atomic E-state index is 4.55. The van der Waals surface area contributed by atoms with Crippen LogP contribution in [0.15, 0.2) is 12.3 Å². The molecule has 5 nitrogen and oxygen atoms in total. The lowest BCUT2D eigenvalue weighted by Crippen LogP contribution is -2.04. The highest BCUT2D eigenvalue weighted by atomic mass is 32.1. The number of hydrogen-bond donors (Lipinski definition) is 2. The molecule has 0 aliphatic rings. The van der Waals surface area contributed by atoms with Crippen LogP contribution in [0.4, 0.5) is 11.8 Å². The van der Waals surface area contributed by atoms with Gasteiger partial charge in [0.1, 0.15) is 10.6 Å². The molecule has 7 heteroatoms. The van der Waals surface area contributed by atoms with E-state index in [1.807, 2.05) is 20.2 Å². The minimum Gasteiger partial charge on any atom is -0.364 e. The summed E-state index contributed by atoms with van der Waals surface area (Å²) in [6.45, 7) is 4.91. The summed E-state index contributed by atoms with van der Waals surface area (Å²) in [6.07, 6.45) is 2.93. The fraction of sp³-hybridized carbons (Fsp3) is 0.357. The van der Waals surface area contributed by atoms with E-state index in [0.29, 0.717) is 5.95 Å². The fourth-order valence-electron chi connectivity index (χ4n) is 2.05. The minimum absolute atomic E-state index is 0.648. The molecule has 110 valence electrons. The van der Waals surface area contributed by atoms with Crippen molar-refractivity contribution in [2.24, 2.45) is 0 Å². The molecule has 3 rings (SSSR count). The second-order valence-electron chi connectivity index (χ2n) is 4.63. The Morgan fingerprint density at radius 3 is 2.71 bits per heavy atom. The highest BCUT2D eigenvalue weighted by Crippen LogP contribution is 2.30. The number of nitrogens with one attached hydrogen (secondary N) is 2. The van der Waals surface area contributed by atoms with Crippen LogP contribution in [-0.2, 0) is 13.0 Å². The Labute approximate surface area is 131 Å². The Morgan fingerprint density at radius 1 is 1.19 bits per heavy atom. The Balaban J connectivity index is 1.93. The number of fused-ring (bicyclic) bond motifs is 1. The molecule has 3 aromatic heterocycles. The van der Waals surface area contributed by atoms with Crippen molar-refractivity contribution in [2.75, 3.05) is 17.7 Å². The summed E-state index contributed by atoms with van der Waals surface area (Å²) in [4.78, 5) is 16.9. The summed E-state index contributed by atoms with van der Waals surface area (Å²) in [5.74, 6) is 1.53. The molecule has 0 saturated carbocycles. The van der Waals surface area contributed by atoms with Crippen LogP contribution in [0, 0.1) is 6.92 Å². The fourth-order valence-corrected chi connectivity index (χ4v) is 3.75. The SMILES string of the molecule is CCc1cc2c(NCc3cnc(C)s3)nc(NC)nc2s1. The van der Waals surface area contributed by atoms with Crippen molar-refractivity contribution in [1.29, 1.82) is 0 Å². The molecule has 0 aliphatic heterocycles. The molecule has 0 bridgehead atoms. The lowest BCUT2D eigenvalue weighted by molar-refractivity contribution is 1.12. The predicted molar refractivity (Wildman–Crippen MR) is 90.5 cm³/mol. The van der Waals surface area contributed by atoms with Crippen molar-refractivity contribution >= 4 is 44.7 Å². The monoisotopic (exact) mass is 319 g/mol. The molecule has 3 heterocycles. The predicted octanol–water partition coefficient (Wildman–Crippen LogP) is 3.67.